The molecule has 0 aliphatic rings. The summed E-state index contributed by atoms with van der Waals surface area (Å²) >= 11 is 1.12. The highest BCUT2D eigenvalue weighted by atomic mass is 32.1. The van der Waals surface area contributed by atoms with Gasteiger partial charge in [-0.2, -0.15) is 10.5 Å². The maximum absolute atomic E-state index is 10.8. The zero-order valence-corrected chi connectivity index (χ0v) is 8.53. The summed E-state index contributed by atoms with van der Waals surface area (Å²) in [6, 6.07) is 3.95. The van der Waals surface area contributed by atoms with Crippen molar-refractivity contribution in [3.05, 3.63) is 16.0 Å². The van der Waals surface area contributed by atoms with Crippen molar-refractivity contribution in [2.75, 3.05) is 5.32 Å². The topological polar surface area (TPSA) is 76.7 Å². The third kappa shape index (κ3) is 1.73. The maximum Gasteiger partial charge on any atom is 0.221 e. The normalized spacial score (nSPS) is 8.86. The van der Waals surface area contributed by atoms with E-state index in [-0.39, 0.29) is 5.91 Å². The first kappa shape index (κ1) is 10.2. The lowest BCUT2D eigenvalue weighted by Crippen LogP contribution is -2.05. The van der Waals surface area contributed by atoms with Gasteiger partial charge in [0, 0.05) is 6.92 Å². The molecule has 0 aliphatic heterocycles. The molecule has 1 heterocycles. The van der Waals surface area contributed by atoms with Crippen LogP contribution in [-0.4, -0.2) is 5.91 Å². The molecule has 0 spiro atoms. The van der Waals surface area contributed by atoms with Crippen molar-refractivity contribution in [3.63, 3.8) is 0 Å². The van der Waals surface area contributed by atoms with Crippen LogP contribution in [0.2, 0.25) is 0 Å². The van der Waals surface area contributed by atoms with Gasteiger partial charge in [-0.25, -0.2) is 0 Å². The van der Waals surface area contributed by atoms with E-state index in [0.717, 1.165) is 11.3 Å². The number of carbonyl (C=O) groups is 1. The molecule has 0 aromatic carbocycles. The van der Waals surface area contributed by atoms with Crippen LogP contribution in [0.1, 0.15) is 22.9 Å². The first-order chi connectivity index (χ1) is 6.60. The number of nitriles is 2. The van der Waals surface area contributed by atoms with Crippen LogP contribution in [0.3, 0.4) is 0 Å². The molecule has 4 nitrogen and oxygen atoms in total. The molecular formula is C9H7N3OS. The summed E-state index contributed by atoms with van der Waals surface area (Å²) in [6.45, 7) is 3.06. The zero-order chi connectivity index (χ0) is 10.7. The Hall–Kier alpha value is -1.85. The van der Waals surface area contributed by atoms with E-state index in [9.17, 15) is 4.79 Å². The molecule has 1 N–H and O–H groups in total. The van der Waals surface area contributed by atoms with Gasteiger partial charge in [0.15, 0.2) is 0 Å². The molecule has 0 fully saturated rings. The summed E-state index contributed by atoms with van der Waals surface area (Å²) in [7, 11) is 0. The number of nitrogens with one attached hydrogen (secondary N) is 1. The molecule has 14 heavy (non-hydrogen) atoms. The van der Waals surface area contributed by atoms with E-state index in [4.69, 9.17) is 10.5 Å². The highest BCUT2D eigenvalue weighted by Crippen LogP contribution is 2.31. The highest BCUT2D eigenvalue weighted by molar-refractivity contribution is 7.17. The van der Waals surface area contributed by atoms with E-state index in [2.05, 4.69) is 5.32 Å². The van der Waals surface area contributed by atoms with Gasteiger partial charge in [-0.3, -0.25) is 4.79 Å². The lowest BCUT2D eigenvalue weighted by molar-refractivity contribution is -0.114. The number of carbonyl (C=O) groups excluding carboxylic acids is 1. The Balaban J connectivity index is 3.26. The number of thiophene rings is 1. The lowest BCUT2D eigenvalue weighted by Gasteiger charge is -1.96. The van der Waals surface area contributed by atoms with Crippen molar-refractivity contribution >= 4 is 22.2 Å². The predicted octanol–water partition coefficient (Wildman–Crippen LogP) is 1.76. The van der Waals surface area contributed by atoms with Crippen LogP contribution < -0.4 is 5.32 Å². The molecule has 1 aromatic heterocycles. The van der Waals surface area contributed by atoms with Gasteiger partial charge in [0.25, 0.3) is 0 Å². The third-order valence-corrected chi connectivity index (χ3v) is 2.76. The minimum absolute atomic E-state index is 0.243. The van der Waals surface area contributed by atoms with Crippen molar-refractivity contribution in [3.8, 4) is 12.1 Å². The number of rotatable bonds is 1. The number of nitrogens with zero attached hydrogens (tertiary/aromatic N) is 2. The number of hydrogen-bond donors (Lipinski definition) is 1. The Morgan fingerprint density at radius 2 is 2.07 bits per heavy atom. The van der Waals surface area contributed by atoms with Gasteiger partial charge in [0.05, 0.1) is 5.56 Å². The van der Waals surface area contributed by atoms with E-state index < -0.39 is 0 Å². The van der Waals surface area contributed by atoms with Crippen molar-refractivity contribution in [1.29, 1.82) is 10.5 Å². The first-order valence-corrected chi connectivity index (χ1v) is 4.63. The zero-order valence-electron chi connectivity index (χ0n) is 7.71. The summed E-state index contributed by atoms with van der Waals surface area (Å²) in [5.41, 5.74) is 1.01. The Morgan fingerprint density at radius 3 is 2.50 bits per heavy atom. The van der Waals surface area contributed by atoms with Gasteiger partial charge in [0.1, 0.15) is 22.0 Å². The second-order valence-corrected chi connectivity index (χ2v) is 3.69. The molecule has 0 radical (unpaired) electrons. The molecule has 0 atom stereocenters. The van der Waals surface area contributed by atoms with E-state index in [1.165, 1.54) is 6.92 Å². The molecule has 0 saturated carbocycles. The molecule has 0 aliphatic carbocycles. The monoisotopic (exact) mass is 205 g/mol. The molecule has 0 saturated heterocycles. The maximum atomic E-state index is 10.8. The lowest BCUT2D eigenvalue weighted by atomic mass is 10.2. The van der Waals surface area contributed by atoms with Crippen LogP contribution in [0.5, 0.6) is 0 Å². The van der Waals surface area contributed by atoms with Crippen molar-refractivity contribution in [2.24, 2.45) is 0 Å². The fourth-order valence-corrected chi connectivity index (χ4v) is 2.00. The van der Waals surface area contributed by atoms with E-state index in [0.29, 0.717) is 21.0 Å². The summed E-state index contributed by atoms with van der Waals surface area (Å²) < 4.78 is 0. The number of hydrogen-bond acceptors (Lipinski definition) is 4. The molecule has 1 amide bonds. The first-order valence-electron chi connectivity index (χ1n) is 3.81. The van der Waals surface area contributed by atoms with Gasteiger partial charge in [0.2, 0.25) is 5.91 Å². The van der Waals surface area contributed by atoms with E-state index in [1.807, 2.05) is 12.1 Å². The van der Waals surface area contributed by atoms with Gasteiger partial charge < -0.3 is 5.32 Å². The van der Waals surface area contributed by atoms with E-state index >= 15 is 0 Å². The molecular weight excluding hydrogens is 198 g/mol. The SMILES string of the molecule is CC(=O)Nc1sc(C#N)c(C)c1C#N. The second kappa shape index (κ2) is 3.91. The van der Waals surface area contributed by atoms with Crippen LogP contribution in [0.25, 0.3) is 0 Å². The van der Waals surface area contributed by atoms with Crippen molar-refractivity contribution < 1.29 is 4.79 Å². The average Bonchev–Trinajstić information content (AvgIpc) is 2.41. The van der Waals surface area contributed by atoms with Crippen LogP contribution in [0.15, 0.2) is 0 Å². The van der Waals surface area contributed by atoms with Gasteiger partial charge in [-0.1, -0.05) is 0 Å². The number of anilines is 1. The average molecular weight is 205 g/mol. The molecule has 0 bridgehead atoms. The molecule has 1 rings (SSSR count). The van der Waals surface area contributed by atoms with Crippen LogP contribution in [0.4, 0.5) is 5.00 Å². The van der Waals surface area contributed by atoms with E-state index in [1.54, 1.807) is 6.92 Å². The van der Waals surface area contributed by atoms with Crippen LogP contribution >= 0.6 is 11.3 Å². The second-order valence-electron chi connectivity index (χ2n) is 2.67. The number of amides is 1. The van der Waals surface area contributed by atoms with Gasteiger partial charge >= 0.3 is 0 Å². The van der Waals surface area contributed by atoms with Crippen LogP contribution in [0, 0.1) is 29.6 Å². The van der Waals surface area contributed by atoms with Crippen molar-refractivity contribution in [2.45, 2.75) is 13.8 Å². The van der Waals surface area contributed by atoms with Gasteiger partial charge in [-0.15, -0.1) is 11.3 Å². The predicted molar refractivity (Wildman–Crippen MR) is 52.8 cm³/mol. The summed E-state index contributed by atoms with van der Waals surface area (Å²) in [5.74, 6) is -0.243. The van der Waals surface area contributed by atoms with Crippen molar-refractivity contribution in [1.82, 2.24) is 0 Å². The summed E-state index contributed by atoms with van der Waals surface area (Å²) in [4.78, 5) is 11.3. The largest absolute Gasteiger partial charge is 0.317 e. The summed E-state index contributed by atoms with van der Waals surface area (Å²) in [6.07, 6.45) is 0. The Kier molecular flexibility index (Phi) is 2.85. The minimum atomic E-state index is -0.243. The smallest absolute Gasteiger partial charge is 0.221 e. The Morgan fingerprint density at radius 1 is 1.43 bits per heavy atom. The summed E-state index contributed by atoms with van der Waals surface area (Å²) in [5, 5.41) is 20.5. The fraction of sp³-hybridized carbons (Fsp3) is 0.222. The van der Waals surface area contributed by atoms with Crippen LogP contribution in [-0.2, 0) is 4.79 Å². The fourth-order valence-electron chi connectivity index (χ4n) is 1.00. The Labute approximate surface area is 85.4 Å². The Bertz CT molecular complexity index is 462. The molecule has 5 heteroatoms. The standard InChI is InChI=1S/C9H7N3OS/c1-5-7(3-10)9(12-6(2)13)14-8(5)4-11/h1-2H3,(H,12,13). The third-order valence-electron chi connectivity index (χ3n) is 1.65. The quantitative estimate of drug-likeness (QED) is 0.758. The van der Waals surface area contributed by atoms with Gasteiger partial charge in [-0.05, 0) is 12.5 Å². The molecule has 0 unspecified atom stereocenters. The molecule has 1 aromatic rings. The highest BCUT2D eigenvalue weighted by Gasteiger charge is 2.14. The molecule has 70 valence electrons. The minimum Gasteiger partial charge on any atom is -0.317 e.